The summed E-state index contributed by atoms with van der Waals surface area (Å²) >= 11 is 0. The fourth-order valence-electron chi connectivity index (χ4n) is 3.10. The highest BCUT2D eigenvalue weighted by Gasteiger charge is 2.18. The van der Waals surface area contributed by atoms with Gasteiger partial charge < -0.3 is 15.8 Å². The summed E-state index contributed by atoms with van der Waals surface area (Å²) in [6.45, 7) is 3.95. The number of anilines is 2. The number of hydrogen-bond donors (Lipinski definition) is 2. The number of rotatable bonds is 4. The number of fused-ring (bicyclic) bond motifs is 3. The van der Waals surface area contributed by atoms with Crippen molar-refractivity contribution in [2.24, 2.45) is 0 Å². The topological polar surface area (TPSA) is 108 Å². The Morgan fingerprint density at radius 2 is 2.19 bits per heavy atom. The van der Waals surface area contributed by atoms with Crippen LogP contribution in [0.2, 0.25) is 0 Å². The summed E-state index contributed by atoms with van der Waals surface area (Å²) in [5, 5.41) is 5.18. The Balaban J connectivity index is 2.11. The van der Waals surface area contributed by atoms with Crippen LogP contribution in [0.3, 0.4) is 0 Å². The Hall–Kier alpha value is -3.68. The number of nitrogens with two attached hydrogens (primary N) is 1. The van der Waals surface area contributed by atoms with Crippen LogP contribution >= 0.6 is 0 Å². The zero-order chi connectivity index (χ0) is 19.0. The number of amides is 1. The van der Waals surface area contributed by atoms with E-state index >= 15 is 0 Å². The number of nitrogen functional groups attached to an aromatic ring is 1. The zero-order valence-electron chi connectivity index (χ0n) is 14.9. The Kier molecular flexibility index (Phi) is 4.08. The second-order valence-corrected chi connectivity index (χ2v) is 6.01. The minimum Gasteiger partial charge on any atom is -0.494 e. The lowest BCUT2D eigenvalue weighted by molar-refractivity contribution is -0.114. The number of benzene rings is 1. The predicted molar refractivity (Wildman–Crippen MR) is 104 cm³/mol. The first-order valence-corrected chi connectivity index (χ1v) is 8.49. The molecule has 0 aliphatic carbocycles. The van der Waals surface area contributed by atoms with Crippen LogP contribution in [0.15, 0.2) is 43.1 Å². The van der Waals surface area contributed by atoms with Gasteiger partial charge in [-0.15, -0.1) is 0 Å². The molecule has 3 heterocycles. The maximum atomic E-state index is 11.9. The molecule has 4 rings (SSSR count). The van der Waals surface area contributed by atoms with E-state index in [4.69, 9.17) is 10.5 Å². The Labute approximate surface area is 155 Å². The Morgan fingerprint density at radius 1 is 1.33 bits per heavy atom. The molecule has 0 saturated heterocycles. The lowest BCUT2D eigenvalue weighted by Gasteiger charge is -2.16. The molecular formula is C19H18N6O2. The highest BCUT2D eigenvalue weighted by molar-refractivity contribution is 6.18. The van der Waals surface area contributed by atoms with Gasteiger partial charge in [0.25, 0.3) is 0 Å². The summed E-state index contributed by atoms with van der Waals surface area (Å²) in [6.07, 6.45) is 6.66. The van der Waals surface area contributed by atoms with E-state index in [9.17, 15) is 4.79 Å². The number of nitrogens with one attached hydrogen (secondary N) is 1. The molecule has 27 heavy (non-hydrogen) atoms. The molecule has 3 N–H and O–H groups in total. The third-order valence-electron chi connectivity index (χ3n) is 4.18. The summed E-state index contributed by atoms with van der Waals surface area (Å²) in [5.74, 6) is 1.34. The summed E-state index contributed by atoms with van der Waals surface area (Å²) in [4.78, 5) is 24.9. The third-order valence-corrected chi connectivity index (χ3v) is 4.18. The molecule has 3 aromatic heterocycles. The van der Waals surface area contributed by atoms with Crippen LogP contribution in [0, 0.1) is 0 Å². The van der Waals surface area contributed by atoms with Gasteiger partial charge in [-0.1, -0.05) is 0 Å². The molecule has 8 nitrogen and oxygen atoms in total. The first-order valence-electron chi connectivity index (χ1n) is 8.49. The molecule has 0 radical (unpaired) electrons. The normalized spacial score (nSPS) is 11.0. The van der Waals surface area contributed by atoms with Crippen molar-refractivity contribution in [2.45, 2.75) is 13.8 Å². The van der Waals surface area contributed by atoms with E-state index in [2.05, 4.69) is 20.3 Å². The van der Waals surface area contributed by atoms with Gasteiger partial charge in [0.1, 0.15) is 17.9 Å². The Bertz CT molecular complexity index is 1150. The molecule has 0 bridgehead atoms. The monoisotopic (exact) mass is 362 g/mol. The molecule has 136 valence electrons. The van der Waals surface area contributed by atoms with E-state index in [0.717, 1.165) is 22.0 Å². The van der Waals surface area contributed by atoms with Crippen LogP contribution in [-0.2, 0) is 4.79 Å². The van der Waals surface area contributed by atoms with Gasteiger partial charge in [0, 0.05) is 47.7 Å². The quantitative estimate of drug-likeness (QED) is 0.541. The second kappa shape index (κ2) is 6.56. The van der Waals surface area contributed by atoms with Crippen LogP contribution in [-0.4, -0.2) is 32.0 Å². The smallest absolute Gasteiger partial charge is 0.221 e. The highest BCUT2D eigenvalue weighted by Crippen LogP contribution is 2.37. The molecule has 0 atom stereocenters. The average Bonchev–Trinajstić information content (AvgIpc) is 3.17. The summed E-state index contributed by atoms with van der Waals surface area (Å²) < 4.78 is 7.28. The van der Waals surface area contributed by atoms with Crippen LogP contribution in [0.25, 0.3) is 27.5 Å². The van der Waals surface area contributed by atoms with E-state index in [1.165, 1.54) is 6.92 Å². The molecule has 0 saturated carbocycles. The molecular weight excluding hydrogens is 344 g/mol. The SMILES string of the molecule is CCOc1ccc2c(c1)ncc1c(N)nc(-n3ccnc3)c(NC(C)=O)c12. The van der Waals surface area contributed by atoms with E-state index < -0.39 is 0 Å². The number of carbonyl (C=O) groups is 1. The average molecular weight is 362 g/mol. The van der Waals surface area contributed by atoms with Crippen molar-refractivity contribution in [1.82, 2.24) is 19.5 Å². The number of pyridine rings is 2. The first-order chi connectivity index (χ1) is 13.1. The summed E-state index contributed by atoms with van der Waals surface area (Å²) in [7, 11) is 0. The number of nitrogens with zero attached hydrogens (tertiary/aromatic N) is 4. The van der Waals surface area contributed by atoms with Gasteiger partial charge in [-0.25, -0.2) is 9.97 Å². The van der Waals surface area contributed by atoms with E-state index in [-0.39, 0.29) is 5.91 Å². The van der Waals surface area contributed by atoms with Crippen molar-refractivity contribution in [3.63, 3.8) is 0 Å². The molecule has 1 amide bonds. The maximum absolute atomic E-state index is 11.9. The van der Waals surface area contributed by atoms with Crippen LogP contribution in [0.4, 0.5) is 11.5 Å². The van der Waals surface area contributed by atoms with Crippen molar-refractivity contribution in [3.8, 4) is 11.6 Å². The number of imidazole rings is 1. The number of hydrogen-bond acceptors (Lipinski definition) is 6. The second-order valence-electron chi connectivity index (χ2n) is 6.01. The minimum absolute atomic E-state index is 0.208. The van der Waals surface area contributed by atoms with Gasteiger partial charge in [-0.3, -0.25) is 14.3 Å². The zero-order valence-corrected chi connectivity index (χ0v) is 14.9. The molecule has 0 spiro atoms. The third kappa shape index (κ3) is 2.91. The molecule has 8 heteroatoms. The standard InChI is InChI=1S/C19H18N6O2/c1-3-27-12-4-5-13-15(8-12)22-9-14-16(13)17(23-11(2)26)19(24-18(14)20)25-7-6-21-10-25/h4-10H,3H2,1-2H3,(H2,20,24)(H,23,26). The predicted octanol–water partition coefficient (Wildman–Crippen LogP) is 2.91. The summed E-state index contributed by atoms with van der Waals surface area (Å²) in [5.41, 5.74) is 7.50. The van der Waals surface area contributed by atoms with Gasteiger partial charge >= 0.3 is 0 Å². The van der Waals surface area contributed by atoms with E-state index in [1.807, 2.05) is 25.1 Å². The van der Waals surface area contributed by atoms with Gasteiger partial charge in [0.2, 0.25) is 5.91 Å². The van der Waals surface area contributed by atoms with Gasteiger partial charge in [-0.2, -0.15) is 0 Å². The summed E-state index contributed by atoms with van der Waals surface area (Å²) in [6, 6.07) is 5.65. The van der Waals surface area contributed by atoms with Gasteiger partial charge in [0.15, 0.2) is 5.82 Å². The Morgan fingerprint density at radius 3 is 2.89 bits per heavy atom. The van der Waals surface area contributed by atoms with E-state index in [0.29, 0.717) is 29.3 Å². The van der Waals surface area contributed by atoms with E-state index in [1.54, 1.807) is 29.5 Å². The fraction of sp³-hybridized carbons (Fsp3) is 0.158. The van der Waals surface area contributed by atoms with Crippen LogP contribution < -0.4 is 15.8 Å². The largest absolute Gasteiger partial charge is 0.494 e. The van der Waals surface area contributed by atoms with Crippen molar-refractivity contribution in [1.29, 1.82) is 0 Å². The minimum atomic E-state index is -0.208. The highest BCUT2D eigenvalue weighted by atomic mass is 16.5. The van der Waals surface area contributed by atoms with Crippen molar-refractivity contribution in [2.75, 3.05) is 17.7 Å². The van der Waals surface area contributed by atoms with Crippen molar-refractivity contribution in [3.05, 3.63) is 43.1 Å². The lowest BCUT2D eigenvalue weighted by atomic mass is 10.1. The van der Waals surface area contributed by atoms with Crippen molar-refractivity contribution < 1.29 is 9.53 Å². The first kappa shape index (κ1) is 16.8. The van der Waals surface area contributed by atoms with Crippen LogP contribution in [0.5, 0.6) is 5.75 Å². The number of aromatic nitrogens is 4. The van der Waals surface area contributed by atoms with Crippen molar-refractivity contribution >= 4 is 39.1 Å². The maximum Gasteiger partial charge on any atom is 0.221 e. The molecule has 0 fully saturated rings. The molecule has 0 aliphatic rings. The molecule has 4 aromatic rings. The lowest BCUT2D eigenvalue weighted by Crippen LogP contribution is -2.12. The fourth-order valence-corrected chi connectivity index (χ4v) is 3.10. The van der Waals surface area contributed by atoms with Gasteiger partial charge in [-0.05, 0) is 19.1 Å². The number of ether oxygens (including phenoxy) is 1. The molecule has 0 aliphatic heterocycles. The van der Waals surface area contributed by atoms with Crippen LogP contribution in [0.1, 0.15) is 13.8 Å². The number of carbonyl (C=O) groups excluding carboxylic acids is 1. The molecule has 1 aromatic carbocycles. The van der Waals surface area contributed by atoms with Gasteiger partial charge in [0.05, 0.1) is 17.8 Å². The molecule has 0 unspecified atom stereocenters.